The van der Waals surface area contributed by atoms with Crippen molar-refractivity contribution in [2.75, 3.05) is 0 Å². The van der Waals surface area contributed by atoms with Crippen LogP contribution in [0.3, 0.4) is 0 Å². The molecule has 2 aromatic carbocycles. The number of hydrogen-bond donors (Lipinski definition) is 0. The molecule has 1 atom stereocenters. The third-order valence-electron chi connectivity index (χ3n) is 4.88. The van der Waals surface area contributed by atoms with E-state index in [-0.39, 0.29) is 5.04 Å². The summed E-state index contributed by atoms with van der Waals surface area (Å²) in [6.45, 7) is 7.04. The second-order valence-electron chi connectivity index (χ2n) is 7.50. The highest BCUT2D eigenvalue weighted by Gasteiger charge is 2.51. The van der Waals surface area contributed by atoms with E-state index in [0.29, 0.717) is 6.10 Å². The first kappa shape index (κ1) is 16.5. The molecule has 0 N–H and O–H groups in total. The maximum absolute atomic E-state index is 7.04. The van der Waals surface area contributed by atoms with E-state index in [1.807, 2.05) is 0 Å². The number of rotatable bonds is 4. The van der Waals surface area contributed by atoms with Crippen LogP contribution >= 0.6 is 0 Å². The zero-order chi connectivity index (χ0) is 16.3. The fourth-order valence-corrected chi connectivity index (χ4v) is 8.50. The van der Waals surface area contributed by atoms with Gasteiger partial charge in [0, 0.05) is 6.10 Å². The average molecular weight is 324 g/mol. The second-order valence-corrected chi connectivity index (χ2v) is 11.8. The van der Waals surface area contributed by atoms with Crippen LogP contribution in [0.4, 0.5) is 0 Å². The van der Waals surface area contributed by atoms with Crippen molar-refractivity contribution in [3.63, 3.8) is 0 Å². The zero-order valence-corrected chi connectivity index (χ0v) is 15.5. The maximum Gasteiger partial charge on any atom is 0.261 e. The predicted octanol–water partition coefficient (Wildman–Crippen LogP) is 4.32. The van der Waals surface area contributed by atoms with E-state index in [2.05, 4.69) is 87.9 Å². The van der Waals surface area contributed by atoms with Gasteiger partial charge in [0.05, 0.1) is 0 Å². The minimum absolute atomic E-state index is 0.0816. The van der Waals surface area contributed by atoms with Crippen LogP contribution in [0.15, 0.2) is 60.7 Å². The van der Waals surface area contributed by atoms with Gasteiger partial charge in [-0.1, -0.05) is 81.4 Å². The van der Waals surface area contributed by atoms with Crippen molar-refractivity contribution in [2.24, 2.45) is 0 Å². The van der Waals surface area contributed by atoms with Gasteiger partial charge in [-0.3, -0.25) is 0 Å². The lowest BCUT2D eigenvalue weighted by Gasteiger charge is -2.44. The van der Waals surface area contributed by atoms with Gasteiger partial charge in [0.2, 0.25) is 0 Å². The summed E-state index contributed by atoms with van der Waals surface area (Å²) < 4.78 is 7.04. The normalized spacial score (nSPS) is 16.7. The summed E-state index contributed by atoms with van der Waals surface area (Å²) in [6, 6.07) is 21.9. The van der Waals surface area contributed by atoms with Crippen molar-refractivity contribution in [1.82, 2.24) is 0 Å². The molecule has 0 spiro atoms. The quantitative estimate of drug-likeness (QED) is 0.761. The van der Waals surface area contributed by atoms with Gasteiger partial charge in [0.25, 0.3) is 8.32 Å². The van der Waals surface area contributed by atoms with Crippen molar-refractivity contribution >= 4 is 18.7 Å². The highest BCUT2D eigenvalue weighted by Crippen LogP contribution is 2.39. The van der Waals surface area contributed by atoms with Gasteiger partial charge in [-0.25, -0.2) is 0 Å². The molecule has 2 heteroatoms. The molecule has 1 unspecified atom stereocenters. The van der Waals surface area contributed by atoms with E-state index in [4.69, 9.17) is 4.43 Å². The minimum atomic E-state index is -2.33. The lowest BCUT2D eigenvalue weighted by molar-refractivity contribution is 0.197. The first-order chi connectivity index (χ1) is 11.0. The Morgan fingerprint density at radius 3 is 1.78 bits per heavy atom. The van der Waals surface area contributed by atoms with E-state index in [0.717, 1.165) is 12.8 Å². The molecule has 0 bridgehead atoms. The Hall–Kier alpha value is -1.38. The van der Waals surface area contributed by atoms with Crippen molar-refractivity contribution in [3.05, 3.63) is 67.1 Å². The summed E-state index contributed by atoms with van der Waals surface area (Å²) in [4.78, 5) is 0. The van der Waals surface area contributed by atoms with Gasteiger partial charge < -0.3 is 4.43 Å². The van der Waals surface area contributed by atoms with Crippen molar-refractivity contribution in [1.29, 1.82) is 0 Å². The van der Waals surface area contributed by atoms with Gasteiger partial charge in [-0.05, 0) is 41.1 Å². The molecule has 1 fully saturated rings. The topological polar surface area (TPSA) is 9.23 Å². The Kier molecular flexibility index (Phi) is 4.74. The highest BCUT2D eigenvalue weighted by atomic mass is 28.4. The SMILES string of the molecule is CC(C)(C)[Si](OC1C[CH]CC1)(c1ccccc1)c1ccccc1. The van der Waals surface area contributed by atoms with Gasteiger partial charge in [-0.15, -0.1) is 0 Å². The van der Waals surface area contributed by atoms with Gasteiger partial charge in [-0.2, -0.15) is 0 Å². The molecule has 0 amide bonds. The van der Waals surface area contributed by atoms with Crippen molar-refractivity contribution < 1.29 is 4.43 Å². The van der Waals surface area contributed by atoms with Crippen molar-refractivity contribution in [2.45, 2.75) is 51.2 Å². The monoisotopic (exact) mass is 323 g/mol. The van der Waals surface area contributed by atoms with E-state index in [1.54, 1.807) is 0 Å². The van der Waals surface area contributed by atoms with Gasteiger partial charge in [0.15, 0.2) is 0 Å². The Balaban J connectivity index is 2.16. The van der Waals surface area contributed by atoms with Crippen LogP contribution in [-0.2, 0) is 4.43 Å². The predicted molar refractivity (Wildman–Crippen MR) is 101 cm³/mol. The van der Waals surface area contributed by atoms with E-state index in [1.165, 1.54) is 16.8 Å². The smallest absolute Gasteiger partial charge is 0.261 e. The van der Waals surface area contributed by atoms with Crippen molar-refractivity contribution in [3.8, 4) is 0 Å². The molecule has 23 heavy (non-hydrogen) atoms. The molecule has 3 rings (SSSR count). The molecular weight excluding hydrogens is 296 g/mol. The molecule has 1 nitrogen and oxygen atoms in total. The minimum Gasteiger partial charge on any atom is -0.404 e. The molecule has 1 aliphatic rings. The van der Waals surface area contributed by atoms with E-state index >= 15 is 0 Å². The second kappa shape index (κ2) is 6.62. The Morgan fingerprint density at radius 2 is 1.39 bits per heavy atom. The molecule has 2 aromatic rings. The lowest BCUT2D eigenvalue weighted by atomic mass is 10.2. The fraction of sp³-hybridized carbons (Fsp3) is 0.381. The van der Waals surface area contributed by atoms with Crippen LogP contribution < -0.4 is 10.4 Å². The van der Waals surface area contributed by atoms with Crippen LogP contribution in [-0.4, -0.2) is 14.4 Å². The van der Waals surface area contributed by atoms with Gasteiger partial charge >= 0.3 is 0 Å². The van der Waals surface area contributed by atoms with Crippen LogP contribution in [0.1, 0.15) is 40.0 Å². The molecule has 121 valence electrons. The molecule has 0 heterocycles. The highest BCUT2D eigenvalue weighted by molar-refractivity contribution is 6.99. The van der Waals surface area contributed by atoms with Crippen LogP contribution in [0.25, 0.3) is 0 Å². The summed E-state index contributed by atoms with van der Waals surface area (Å²) in [5.74, 6) is 0. The summed E-state index contributed by atoms with van der Waals surface area (Å²) >= 11 is 0. The molecule has 0 aliphatic heterocycles. The summed E-state index contributed by atoms with van der Waals surface area (Å²) in [5.41, 5.74) is 0. The maximum atomic E-state index is 7.04. The zero-order valence-electron chi connectivity index (χ0n) is 14.5. The van der Waals surface area contributed by atoms with Crippen LogP contribution in [0, 0.1) is 6.42 Å². The van der Waals surface area contributed by atoms with Crippen LogP contribution in [0.5, 0.6) is 0 Å². The summed E-state index contributed by atoms with van der Waals surface area (Å²) in [7, 11) is -2.33. The van der Waals surface area contributed by atoms with Crippen LogP contribution in [0.2, 0.25) is 5.04 Å². The lowest BCUT2D eigenvalue weighted by Crippen LogP contribution is -2.67. The number of benzene rings is 2. The van der Waals surface area contributed by atoms with E-state index in [9.17, 15) is 0 Å². The fourth-order valence-electron chi connectivity index (χ4n) is 3.77. The first-order valence-electron chi connectivity index (χ1n) is 8.64. The van der Waals surface area contributed by atoms with E-state index < -0.39 is 8.32 Å². The molecule has 1 saturated carbocycles. The third-order valence-corrected chi connectivity index (χ3v) is 9.97. The molecule has 1 aliphatic carbocycles. The molecular formula is C21H27OSi. The Labute approximate surface area is 141 Å². The Morgan fingerprint density at radius 1 is 0.870 bits per heavy atom. The summed E-state index contributed by atoms with van der Waals surface area (Å²) in [5, 5.41) is 2.84. The number of hydrogen-bond acceptors (Lipinski definition) is 1. The standard InChI is InChI=1S/C21H27OSi/c1-21(2,3)23(19-14-6-4-7-15-19,20-16-8-5-9-17-20)22-18-12-10-11-13-18/h4-10,14-18H,11-13H2,1-3H3. The molecule has 1 radical (unpaired) electrons. The molecule has 0 aromatic heterocycles. The Bertz CT molecular complexity index is 570. The summed E-state index contributed by atoms with van der Waals surface area (Å²) in [6.07, 6.45) is 6.17. The van der Waals surface area contributed by atoms with Gasteiger partial charge in [0.1, 0.15) is 0 Å². The first-order valence-corrected chi connectivity index (χ1v) is 10.6. The average Bonchev–Trinajstić information content (AvgIpc) is 3.06. The third kappa shape index (κ3) is 3.15. The molecule has 0 saturated heterocycles. The largest absolute Gasteiger partial charge is 0.404 e.